The number of carbonyl (C=O) groups is 1. The molecule has 0 spiro atoms. The van der Waals surface area contributed by atoms with Crippen LogP contribution in [0.3, 0.4) is 0 Å². The van der Waals surface area contributed by atoms with Gasteiger partial charge in [-0.15, -0.1) is 0 Å². The van der Waals surface area contributed by atoms with Crippen molar-refractivity contribution in [3.8, 4) is 0 Å². The Morgan fingerprint density at radius 1 is 1.73 bits per heavy atom. The molecule has 0 aromatic carbocycles. The van der Waals surface area contributed by atoms with Crippen LogP contribution in [0, 0.1) is 0 Å². The van der Waals surface area contributed by atoms with E-state index in [1.807, 2.05) is 6.92 Å². The predicted molar refractivity (Wildman–Crippen MR) is 41.9 cm³/mol. The Bertz CT molecular complexity index is 192. The molecule has 0 rings (SSSR count). The summed E-state index contributed by atoms with van der Waals surface area (Å²) in [5.74, 6) is -0.681. The second-order valence-corrected chi connectivity index (χ2v) is 1.95. The molecule has 0 aliphatic rings. The zero-order valence-corrected chi connectivity index (χ0v) is 6.76. The molecule has 0 radical (unpaired) electrons. The van der Waals surface area contributed by atoms with Gasteiger partial charge in [-0.25, -0.2) is 4.79 Å². The Labute approximate surface area is 66.0 Å². The molecule has 0 fully saturated rings. The Balaban J connectivity index is 4.12. The minimum Gasteiger partial charge on any atom is -0.475 e. The van der Waals surface area contributed by atoms with Gasteiger partial charge in [-0.1, -0.05) is 13.5 Å². The molecule has 0 unspecified atom stereocenters. The summed E-state index contributed by atoms with van der Waals surface area (Å²) in [6.45, 7) is 6.97. The van der Waals surface area contributed by atoms with Crippen molar-refractivity contribution in [1.29, 1.82) is 0 Å². The van der Waals surface area contributed by atoms with E-state index >= 15 is 0 Å². The third-order valence-electron chi connectivity index (χ3n) is 1.12. The molecule has 1 N–H and O–H groups in total. The lowest BCUT2D eigenvalue weighted by molar-refractivity contribution is -0.135. The predicted octanol–water partition coefficient (Wildman–Crippen LogP) is 1.92. The largest absolute Gasteiger partial charge is 0.475 e. The van der Waals surface area contributed by atoms with Crippen LogP contribution >= 0.6 is 0 Å². The maximum Gasteiger partial charge on any atom is 0.371 e. The van der Waals surface area contributed by atoms with E-state index < -0.39 is 5.97 Å². The van der Waals surface area contributed by atoms with Gasteiger partial charge in [0.25, 0.3) is 0 Å². The van der Waals surface area contributed by atoms with Gasteiger partial charge in [0.15, 0.2) is 0 Å². The van der Waals surface area contributed by atoms with Crippen LogP contribution in [0.2, 0.25) is 0 Å². The maximum absolute atomic E-state index is 10.3. The van der Waals surface area contributed by atoms with Crippen molar-refractivity contribution < 1.29 is 14.6 Å². The van der Waals surface area contributed by atoms with Crippen molar-refractivity contribution in [1.82, 2.24) is 0 Å². The molecule has 0 heterocycles. The quantitative estimate of drug-likeness (QED) is 0.499. The molecule has 0 aliphatic heterocycles. The molecule has 62 valence electrons. The number of aliphatic carboxylic acids is 1. The van der Waals surface area contributed by atoms with Crippen LogP contribution in [0.4, 0.5) is 0 Å². The Morgan fingerprint density at radius 2 is 2.27 bits per heavy atom. The fraction of sp³-hybridized carbons (Fsp3) is 0.375. The topological polar surface area (TPSA) is 46.5 Å². The SMILES string of the molecule is C=C(CC)O/C(=C\C)C(=O)O. The van der Waals surface area contributed by atoms with Crippen molar-refractivity contribution in [2.45, 2.75) is 20.3 Å². The van der Waals surface area contributed by atoms with Crippen molar-refractivity contribution >= 4 is 5.97 Å². The molecule has 0 saturated heterocycles. The number of hydrogen-bond acceptors (Lipinski definition) is 2. The van der Waals surface area contributed by atoms with E-state index in [2.05, 4.69) is 6.58 Å². The van der Waals surface area contributed by atoms with Crippen LogP contribution in [0.5, 0.6) is 0 Å². The molecule has 0 saturated carbocycles. The average molecular weight is 156 g/mol. The second kappa shape index (κ2) is 4.55. The fourth-order valence-electron chi connectivity index (χ4n) is 0.454. The van der Waals surface area contributed by atoms with E-state index in [1.54, 1.807) is 6.92 Å². The monoisotopic (exact) mass is 156 g/mol. The first kappa shape index (κ1) is 9.75. The smallest absolute Gasteiger partial charge is 0.371 e. The van der Waals surface area contributed by atoms with Gasteiger partial charge in [-0.2, -0.15) is 0 Å². The summed E-state index contributed by atoms with van der Waals surface area (Å²) in [6, 6.07) is 0. The van der Waals surface area contributed by atoms with Gasteiger partial charge in [-0.3, -0.25) is 0 Å². The molecule has 3 heteroatoms. The highest BCUT2D eigenvalue weighted by Crippen LogP contribution is 2.07. The van der Waals surface area contributed by atoms with Crippen LogP contribution in [0.25, 0.3) is 0 Å². The van der Waals surface area contributed by atoms with E-state index in [-0.39, 0.29) is 5.76 Å². The van der Waals surface area contributed by atoms with Gasteiger partial charge < -0.3 is 9.84 Å². The molecule has 0 amide bonds. The number of carboxylic acid groups (broad SMARTS) is 1. The lowest BCUT2D eigenvalue weighted by atomic mass is 10.4. The fourth-order valence-corrected chi connectivity index (χ4v) is 0.454. The number of carboxylic acids is 1. The van der Waals surface area contributed by atoms with Crippen LogP contribution < -0.4 is 0 Å². The van der Waals surface area contributed by atoms with Crippen LogP contribution in [-0.4, -0.2) is 11.1 Å². The summed E-state index contributed by atoms with van der Waals surface area (Å²) >= 11 is 0. The molecule has 0 aromatic rings. The standard InChI is InChI=1S/C8H12O3/c1-4-6(3)11-7(5-2)8(9)10/h5H,3-4H2,1-2H3,(H,9,10)/b7-5-. The highest BCUT2D eigenvalue weighted by Gasteiger charge is 2.07. The zero-order valence-electron chi connectivity index (χ0n) is 6.76. The van der Waals surface area contributed by atoms with E-state index in [0.717, 1.165) is 0 Å². The first-order chi connectivity index (χ1) is 5.11. The highest BCUT2D eigenvalue weighted by molar-refractivity contribution is 5.84. The van der Waals surface area contributed by atoms with Crippen LogP contribution in [0.15, 0.2) is 24.2 Å². The molecule has 0 bridgehead atoms. The minimum atomic E-state index is -1.07. The van der Waals surface area contributed by atoms with Crippen molar-refractivity contribution in [2.24, 2.45) is 0 Å². The maximum atomic E-state index is 10.3. The van der Waals surface area contributed by atoms with Crippen molar-refractivity contribution in [3.63, 3.8) is 0 Å². The van der Waals surface area contributed by atoms with Crippen LogP contribution in [-0.2, 0) is 9.53 Å². The highest BCUT2D eigenvalue weighted by atomic mass is 16.5. The van der Waals surface area contributed by atoms with Gasteiger partial charge in [-0.05, 0) is 13.0 Å². The van der Waals surface area contributed by atoms with E-state index in [0.29, 0.717) is 12.2 Å². The van der Waals surface area contributed by atoms with E-state index in [9.17, 15) is 4.79 Å². The summed E-state index contributed by atoms with van der Waals surface area (Å²) in [5, 5.41) is 8.48. The normalized spacial score (nSPS) is 10.9. The molecular formula is C8H12O3. The average Bonchev–Trinajstić information content (AvgIpc) is 1.99. The summed E-state index contributed by atoms with van der Waals surface area (Å²) in [6.07, 6.45) is 2.01. The molecular weight excluding hydrogens is 144 g/mol. The van der Waals surface area contributed by atoms with Crippen LogP contribution in [0.1, 0.15) is 20.3 Å². The van der Waals surface area contributed by atoms with Gasteiger partial charge in [0.05, 0.1) is 5.76 Å². The number of rotatable bonds is 4. The minimum absolute atomic E-state index is 0.0724. The summed E-state index contributed by atoms with van der Waals surface area (Å²) in [5.41, 5.74) is 0. The first-order valence-electron chi connectivity index (χ1n) is 3.37. The lowest BCUT2D eigenvalue weighted by Crippen LogP contribution is -2.03. The third-order valence-corrected chi connectivity index (χ3v) is 1.12. The van der Waals surface area contributed by atoms with Gasteiger partial charge in [0.2, 0.25) is 5.76 Å². The molecule has 0 aromatic heterocycles. The summed E-state index contributed by atoms with van der Waals surface area (Å²) < 4.78 is 4.88. The Hall–Kier alpha value is -1.25. The second-order valence-electron chi connectivity index (χ2n) is 1.95. The first-order valence-corrected chi connectivity index (χ1v) is 3.37. The van der Waals surface area contributed by atoms with Crippen molar-refractivity contribution in [3.05, 3.63) is 24.2 Å². The third kappa shape index (κ3) is 3.45. The van der Waals surface area contributed by atoms with Gasteiger partial charge >= 0.3 is 5.97 Å². The molecule has 11 heavy (non-hydrogen) atoms. The Kier molecular flexibility index (Phi) is 4.03. The molecule has 0 atom stereocenters. The summed E-state index contributed by atoms with van der Waals surface area (Å²) in [4.78, 5) is 10.3. The van der Waals surface area contributed by atoms with Crippen molar-refractivity contribution in [2.75, 3.05) is 0 Å². The summed E-state index contributed by atoms with van der Waals surface area (Å²) in [7, 11) is 0. The molecule has 3 nitrogen and oxygen atoms in total. The van der Waals surface area contributed by atoms with Gasteiger partial charge in [0, 0.05) is 6.42 Å². The Morgan fingerprint density at radius 3 is 2.55 bits per heavy atom. The lowest BCUT2D eigenvalue weighted by Gasteiger charge is -2.05. The number of hydrogen-bond donors (Lipinski definition) is 1. The number of allylic oxidation sites excluding steroid dienone is 2. The zero-order chi connectivity index (χ0) is 8.85. The molecule has 0 aliphatic carbocycles. The number of ether oxygens (including phenoxy) is 1. The van der Waals surface area contributed by atoms with E-state index in [1.165, 1.54) is 6.08 Å². The van der Waals surface area contributed by atoms with E-state index in [4.69, 9.17) is 9.84 Å². The van der Waals surface area contributed by atoms with Gasteiger partial charge in [0.1, 0.15) is 0 Å².